The summed E-state index contributed by atoms with van der Waals surface area (Å²) in [6.45, 7) is 7.39. The van der Waals surface area contributed by atoms with E-state index in [2.05, 4.69) is 20.0 Å². The Kier molecular flexibility index (Phi) is 10.2. The molecule has 1 fully saturated rings. The molecule has 45 heavy (non-hydrogen) atoms. The van der Waals surface area contributed by atoms with E-state index in [1.807, 2.05) is 44.2 Å². The number of imidazole rings is 1. The molecule has 4 aromatic rings. The lowest BCUT2D eigenvalue weighted by Crippen LogP contribution is -2.36. The monoisotopic (exact) mass is 642 g/mol. The third-order valence-electron chi connectivity index (χ3n) is 7.47. The van der Waals surface area contributed by atoms with Gasteiger partial charge in [0.2, 0.25) is 11.8 Å². The second-order valence-electron chi connectivity index (χ2n) is 10.8. The molecule has 0 saturated carbocycles. The molecule has 1 saturated heterocycles. The van der Waals surface area contributed by atoms with E-state index in [1.165, 1.54) is 13.3 Å². The van der Waals surface area contributed by atoms with Crippen LogP contribution in [0.15, 0.2) is 48.8 Å². The first-order valence-electron chi connectivity index (χ1n) is 15.0. The first-order valence-corrected chi connectivity index (χ1v) is 16.5. The fourth-order valence-electron chi connectivity index (χ4n) is 5.08. The Balaban J connectivity index is 1.37. The van der Waals surface area contributed by atoms with Crippen LogP contribution in [0.2, 0.25) is 0 Å². The number of unbranched alkanes of at least 4 members (excludes halogenated alkanes) is 1. The van der Waals surface area contributed by atoms with Crippen LogP contribution in [0, 0.1) is 5.92 Å². The summed E-state index contributed by atoms with van der Waals surface area (Å²) in [7, 11) is -4.25. The number of hydrogen-bond donors (Lipinski definition) is 3. The molecular weight excluding hydrogens is 603 g/mol. The van der Waals surface area contributed by atoms with Crippen molar-refractivity contribution in [2.45, 2.75) is 65.0 Å². The van der Waals surface area contributed by atoms with Crippen molar-refractivity contribution in [1.82, 2.24) is 24.6 Å². The minimum absolute atomic E-state index is 0.00119. The highest BCUT2D eigenvalue weighted by atomic mass is 31.2. The number of nitrogens with one attached hydrogen (secondary N) is 1. The second kappa shape index (κ2) is 14.1. The average molecular weight is 643 g/mol. The summed E-state index contributed by atoms with van der Waals surface area (Å²) in [5, 5.41) is 15.4. The number of ether oxygens (including phenoxy) is 3. The highest BCUT2D eigenvalue weighted by Crippen LogP contribution is 2.48. The van der Waals surface area contributed by atoms with Crippen molar-refractivity contribution in [2.24, 2.45) is 5.92 Å². The van der Waals surface area contributed by atoms with Crippen molar-refractivity contribution in [3.63, 3.8) is 0 Å². The summed E-state index contributed by atoms with van der Waals surface area (Å²) in [6, 6.07) is 11.8. The zero-order valence-electron chi connectivity index (χ0n) is 25.7. The van der Waals surface area contributed by atoms with Crippen molar-refractivity contribution in [2.75, 3.05) is 25.6 Å². The molecule has 0 aliphatic carbocycles. The molecule has 242 valence electrons. The maximum Gasteiger partial charge on any atom is 0.459 e. The minimum Gasteiger partial charge on any atom is -0.476 e. The van der Waals surface area contributed by atoms with Gasteiger partial charge >= 0.3 is 13.7 Å². The van der Waals surface area contributed by atoms with E-state index in [0.29, 0.717) is 35.3 Å². The number of aliphatic hydroxyl groups excluding tert-OH is 1. The largest absolute Gasteiger partial charge is 0.476 e. The van der Waals surface area contributed by atoms with Crippen molar-refractivity contribution in [3.8, 4) is 11.6 Å². The van der Waals surface area contributed by atoms with Crippen LogP contribution in [-0.2, 0) is 23.4 Å². The molecule has 2 aromatic heterocycles. The minimum atomic E-state index is -4.25. The van der Waals surface area contributed by atoms with Crippen molar-refractivity contribution < 1.29 is 37.7 Å². The Morgan fingerprint density at radius 1 is 1.20 bits per heavy atom. The summed E-state index contributed by atoms with van der Waals surface area (Å²) >= 11 is 0. The van der Waals surface area contributed by atoms with Gasteiger partial charge in [0.1, 0.15) is 24.1 Å². The van der Waals surface area contributed by atoms with Crippen molar-refractivity contribution in [3.05, 3.63) is 48.8 Å². The van der Waals surface area contributed by atoms with Gasteiger partial charge in [-0.2, -0.15) is 15.1 Å². The number of nitrogens with zero attached hydrogens (tertiary/aromatic N) is 4. The number of fused-ring (bicyclic) bond motifs is 2. The first-order chi connectivity index (χ1) is 21.6. The van der Waals surface area contributed by atoms with E-state index in [4.69, 9.17) is 29.0 Å². The van der Waals surface area contributed by atoms with E-state index in [-0.39, 0.29) is 25.0 Å². The predicted octanol–water partition coefficient (Wildman–Crippen LogP) is 4.38. The molecule has 4 N–H and O–H groups in total. The van der Waals surface area contributed by atoms with Gasteiger partial charge in [0.15, 0.2) is 11.2 Å². The molecule has 5 rings (SSSR count). The predicted molar refractivity (Wildman–Crippen MR) is 167 cm³/mol. The Hall–Kier alpha value is -3.81. The summed E-state index contributed by atoms with van der Waals surface area (Å²) in [5.74, 6) is -0.522. The highest BCUT2D eigenvalue weighted by Gasteiger charge is 2.44. The number of aromatic nitrogens is 4. The fourth-order valence-corrected chi connectivity index (χ4v) is 6.60. The lowest BCUT2D eigenvalue weighted by molar-refractivity contribution is -0.145. The van der Waals surface area contributed by atoms with Gasteiger partial charge in [-0.15, -0.1) is 0 Å². The molecule has 15 heteroatoms. The lowest BCUT2D eigenvalue weighted by Gasteiger charge is -2.25. The smallest absolute Gasteiger partial charge is 0.459 e. The van der Waals surface area contributed by atoms with E-state index < -0.39 is 44.1 Å². The normalized spacial score (nSPS) is 21.9. The van der Waals surface area contributed by atoms with E-state index in [9.17, 15) is 14.5 Å². The number of carbonyl (C=O) groups is 1. The zero-order chi connectivity index (χ0) is 32.1. The number of esters is 1. The van der Waals surface area contributed by atoms with Crippen LogP contribution in [0.4, 0.5) is 5.95 Å². The number of hydrogen-bond acceptors (Lipinski definition) is 12. The molecule has 1 aliphatic heterocycles. The molecule has 0 spiro atoms. The van der Waals surface area contributed by atoms with Gasteiger partial charge in [0.05, 0.1) is 32.3 Å². The van der Waals surface area contributed by atoms with Crippen LogP contribution < -0.4 is 20.1 Å². The van der Waals surface area contributed by atoms with Crippen LogP contribution >= 0.6 is 7.75 Å². The molecule has 14 nitrogen and oxygen atoms in total. The lowest BCUT2D eigenvalue weighted by atomic mass is 10.0. The van der Waals surface area contributed by atoms with Gasteiger partial charge in [-0.25, -0.2) is 9.55 Å². The number of nitrogens with two attached hydrogens (primary N) is 1. The Morgan fingerprint density at radius 2 is 1.98 bits per heavy atom. The van der Waals surface area contributed by atoms with E-state index >= 15 is 0 Å². The topological polar surface area (TPSA) is 182 Å². The van der Waals surface area contributed by atoms with Gasteiger partial charge in [-0.3, -0.25) is 13.9 Å². The third-order valence-corrected chi connectivity index (χ3v) is 9.10. The molecule has 1 aliphatic rings. The van der Waals surface area contributed by atoms with Gasteiger partial charge in [0, 0.05) is 11.3 Å². The third kappa shape index (κ3) is 7.21. The Morgan fingerprint density at radius 3 is 2.76 bits per heavy atom. The van der Waals surface area contributed by atoms with Gasteiger partial charge < -0.3 is 29.6 Å². The molecule has 3 heterocycles. The van der Waals surface area contributed by atoms with Crippen molar-refractivity contribution >= 4 is 41.6 Å². The number of rotatable bonds is 14. The zero-order valence-corrected chi connectivity index (χ0v) is 26.6. The molecule has 0 amide bonds. The maximum absolute atomic E-state index is 14.3. The Bertz CT molecular complexity index is 1680. The second-order valence-corrected chi connectivity index (χ2v) is 12.5. The summed E-state index contributed by atoms with van der Waals surface area (Å²) < 4.78 is 44.9. The number of aliphatic hydroxyl groups is 1. The quantitative estimate of drug-likeness (QED) is 0.100. The van der Waals surface area contributed by atoms with Crippen molar-refractivity contribution in [1.29, 1.82) is 0 Å². The molecule has 0 radical (unpaired) electrons. The number of benzene rings is 2. The Labute approximate surface area is 260 Å². The summed E-state index contributed by atoms with van der Waals surface area (Å²) in [4.78, 5) is 25.5. The summed E-state index contributed by atoms with van der Waals surface area (Å²) in [5.41, 5.74) is 6.69. The molecule has 2 aromatic carbocycles. The van der Waals surface area contributed by atoms with Crippen LogP contribution in [0.5, 0.6) is 11.6 Å². The summed E-state index contributed by atoms with van der Waals surface area (Å²) in [6.07, 6.45) is 0.396. The van der Waals surface area contributed by atoms with Gasteiger partial charge in [-0.05, 0) is 31.7 Å². The number of anilines is 1. The van der Waals surface area contributed by atoms with Crippen LogP contribution in [-0.4, -0.2) is 68.7 Å². The number of nitrogen functional groups attached to an aromatic ring is 1. The van der Waals surface area contributed by atoms with Gasteiger partial charge in [0.25, 0.3) is 0 Å². The molecule has 6 atom stereocenters. The van der Waals surface area contributed by atoms with Crippen LogP contribution in [0.3, 0.4) is 0 Å². The molecular formula is C30H39N6O8P. The average Bonchev–Trinajstić information content (AvgIpc) is 3.56. The molecule has 6 unspecified atom stereocenters. The molecule has 0 bridgehead atoms. The maximum atomic E-state index is 14.3. The van der Waals surface area contributed by atoms with E-state index in [1.54, 1.807) is 23.6 Å². The highest BCUT2D eigenvalue weighted by molar-refractivity contribution is 7.52. The fraction of sp³-hybridized carbons (Fsp3) is 0.467. The standard InChI is InChI=1S/C30H39N6O8P/c1-5-7-15-41-29(38)19(4)35-45(39,44-22-14-10-12-20-11-8-9-13-21(20)22)42-16-23-25(37)18(3)28(43-23)36-17-32-24-26(36)33-30(31)34-27(24)40-6-2/h8-14,17-19,23,25,28,37H,5-7,15-16H2,1-4H3,(H,35,39)(H2,31,33,34). The van der Waals surface area contributed by atoms with Gasteiger partial charge in [-0.1, -0.05) is 56.7 Å². The number of carbonyl (C=O) groups excluding carboxylic acids is 1. The van der Waals surface area contributed by atoms with Crippen LogP contribution in [0.1, 0.15) is 46.8 Å². The van der Waals surface area contributed by atoms with E-state index in [0.717, 1.165) is 11.8 Å². The SMILES string of the molecule is CCCCOC(=O)C(C)NP(=O)(OCC1OC(n2cnc3c(OCC)nc(N)nc32)C(C)C1O)Oc1cccc2ccccc12. The first kappa shape index (κ1) is 32.6. The van der Waals surface area contributed by atoms with Crippen LogP contribution in [0.25, 0.3) is 21.9 Å².